The van der Waals surface area contributed by atoms with Gasteiger partial charge in [-0.1, -0.05) is 22.4 Å². The van der Waals surface area contributed by atoms with Crippen LogP contribution in [0.2, 0.25) is 0 Å². The van der Waals surface area contributed by atoms with Crippen molar-refractivity contribution >= 4 is 21.8 Å². The maximum absolute atomic E-state index is 12.0. The van der Waals surface area contributed by atoms with Gasteiger partial charge >= 0.3 is 0 Å². The van der Waals surface area contributed by atoms with Crippen LogP contribution in [-0.4, -0.2) is 28.7 Å². The number of carbonyl (C=O) groups is 1. The van der Waals surface area contributed by atoms with E-state index in [2.05, 4.69) is 20.8 Å². The van der Waals surface area contributed by atoms with Crippen LogP contribution < -0.4 is 0 Å². The van der Waals surface area contributed by atoms with Crippen LogP contribution >= 0.6 is 15.9 Å². The predicted molar refractivity (Wildman–Crippen MR) is 65.1 cm³/mol. The van der Waals surface area contributed by atoms with Crippen molar-refractivity contribution in [3.05, 3.63) is 0 Å². The summed E-state index contributed by atoms with van der Waals surface area (Å²) >= 11 is 3.40. The summed E-state index contributed by atoms with van der Waals surface area (Å²) in [5, 5.41) is 1.02. The summed E-state index contributed by atoms with van der Waals surface area (Å²) in [6.45, 7) is 1.03. The number of nitrogens with zero attached hydrogens (tertiary/aromatic N) is 1. The Labute approximate surface area is 101 Å². The van der Waals surface area contributed by atoms with E-state index in [9.17, 15) is 4.79 Å². The Morgan fingerprint density at radius 3 is 2.93 bits per heavy atom. The number of amides is 1. The van der Waals surface area contributed by atoms with Gasteiger partial charge in [0.25, 0.3) is 0 Å². The molecule has 0 aromatic rings. The van der Waals surface area contributed by atoms with Gasteiger partial charge in [0.05, 0.1) is 0 Å². The fraction of sp³-hybridized carbons (Fsp3) is 0.917. The number of halogens is 1. The number of fused-ring (bicyclic) bond motifs is 1. The van der Waals surface area contributed by atoms with Gasteiger partial charge in [0.2, 0.25) is 5.91 Å². The van der Waals surface area contributed by atoms with E-state index in [1.54, 1.807) is 0 Å². The maximum atomic E-state index is 12.0. The van der Waals surface area contributed by atoms with Crippen molar-refractivity contribution in [2.24, 2.45) is 5.92 Å². The van der Waals surface area contributed by atoms with E-state index in [-0.39, 0.29) is 0 Å². The van der Waals surface area contributed by atoms with Crippen LogP contribution in [0.15, 0.2) is 0 Å². The molecule has 0 radical (unpaired) electrons. The molecule has 86 valence electrons. The summed E-state index contributed by atoms with van der Waals surface area (Å²) in [4.78, 5) is 14.1. The van der Waals surface area contributed by atoms with E-state index in [1.807, 2.05) is 0 Å². The summed E-state index contributed by atoms with van der Waals surface area (Å²) in [5.41, 5.74) is 0. The first-order valence-electron chi connectivity index (χ1n) is 6.18. The third-order valence-electron chi connectivity index (χ3n) is 3.85. The Hall–Kier alpha value is -0.0500. The lowest BCUT2D eigenvalue weighted by Crippen LogP contribution is -2.35. The molecule has 2 rings (SSSR count). The highest BCUT2D eigenvalue weighted by atomic mass is 79.9. The molecule has 1 saturated carbocycles. The van der Waals surface area contributed by atoms with Crippen LogP contribution in [0.4, 0.5) is 0 Å². The summed E-state index contributed by atoms with van der Waals surface area (Å²) in [7, 11) is 0. The monoisotopic (exact) mass is 273 g/mol. The second-order valence-electron chi connectivity index (χ2n) is 4.78. The van der Waals surface area contributed by atoms with Crippen LogP contribution in [0.5, 0.6) is 0 Å². The maximum Gasteiger partial charge on any atom is 0.222 e. The third kappa shape index (κ3) is 2.55. The number of hydrogen-bond donors (Lipinski definition) is 0. The summed E-state index contributed by atoms with van der Waals surface area (Å²) in [6.07, 6.45) is 8.13. The number of alkyl halides is 1. The fourth-order valence-corrected chi connectivity index (χ4v) is 3.46. The number of carbonyl (C=O) groups excluding carboxylic acids is 1. The van der Waals surface area contributed by atoms with Gasteiger partial charge in [-0.3, -0.25) is 4.79 Å². The topological polar surface area (TPSA) is 20.3 Å². The zero-order valence-corrected chi connectivity index (χ0v) is 10.8. The van der Waals surface area contributed by atoms with E-state index in [0.717, 1.165) is 37.1 Å². The smallest absolute Gasteiger partial charge is 0.222 e. The molecule has 1 aliphatic heterocycles. The number of likely N-dealkylation sites (tertiary alicyclic amines) is 1. The molecular formula is C12H20BrNO. The summed E-state index contributed by atoms with van der Waals surface area (Å²) in [6, 6.07) is 0.612. The summed E-state index contributed by atoms with van der Waals surface area (Å²) < 4.78 is 0. The molecule has 0 spiro atoms. The standard InChI is InChI=1S/C12H20BrNO/c13-8-2-1-6-12(15)14-9-7-10-4-3-5-11(10)14/h10-11H,1-9H2. The minimum Gasteiger partial charge on any atom is -0.339 e. The molecule has 2 atom stereocenters. The number of unbranched alkanes of at least 4 members (excludes halogenated alkanes) is 1. The van der Waals surface area contributed by atoms with Gasteiger partial charge < -0.3 is 4.90 Å². The van der Waals surface area contributed by atoms with E-state index >= 15 is 0 Å². The third-order valence-corrected chi connectivity index (χ3v) is 4.42. The first-order valence-corrected chi connectivity index (χ1v) is 7.30. The van der Waals surface area contributed by atoms with Crippen molar-refractivity contribution in [2.75, 3.05) is 11.9 Å². The number of hydrogen-bond acceptors (Lipinski definition) is 1. The molecule has 1 aliphatic carbocycles. The molecule has 0 bridgehead atoms. The minimum absolute atomic E-state index is 0.408. The van der Waals surface area contributed by atoms with Crippen molar-refractivity contribution < 1.29 is 4.79 Å². The van der Waals surface area contributed by atoms with E-state index < -0.39 is 0 Å². The highest BCUT2D eigenvalue weighted by molar-refractivity contribution is 9.09. The van der Waals surface area contributed by atoms with Crippen LogP contribution in [0.1, 0.15) is 44.9 Å². The Balaban J connectivity index is 1.80. The molecule has 2 unspecified atom stereocenters. The number of rotatable bonds is 4. The van der Waals surface area contributed by atoms with Crippen molar-refractivity contribution in [3.63, 3.8) is 0 Å². The lowest BCUT2D eigenvalue weighted by atomic mass is 10.0. The quantitative estimate of drug-likeness (QED) is 0.570. The Kier molecular flexibility index (Phi) is 4.06. The molecular weight excluding hydrogens is 254 g/mol. The predicted octanol–water partition coefficient (Wildman–Crippen LogP) is 2.95. The van der Waals surface area contributed by atoms with Gasteiger partial charge in [0.15, 0.2) is 0 Å². The molecule has 0 aromatic carbocycles. The summed E-state index contributed by atoms with van der Waals surface area (Å²) in [5.74, 6) is 1.25. The van der Waals surface area contributed by atoms with E-state index in [1.165, 1.54) is 25.7 Å². The van der Waals surface area contributed by atoms with Gasteiger partial charge in [0, 0.05) is 24.3 Å². The highest BCUT2D eigenvalue weighted by Crippen LogP contribution is 2.37. The second kappa shape index (κ2) is 5.33. The Morgan fingerprint density at radius 2 is 2.13 bits per heavy atom. The molecule has 0 N–H and O–H groups in total. The average molecular weight is 274 g/mol. The molecule has 1 saturated heterocycles. The van der Waals surface area contributed by atoms with Crippen LogP contribution in [0.25, 0.3) is 0 Å². The first kappa shape index (κ1) is 11.4. The SMILES string of the molecule is O=C(CCCCBr)N1CCC2CCCC21. The first-order chi connectivity index (χ1) is 7.33. The van der Waals surface area contributed by atoms with Crippen molar-refractivity contribution in [2.45, 2.75) is 51.0 Å². The van der Waals surface area contributed by atoms with Crippen molar-refractivity contribution in [1.29, 1.82) is 0 Å². The lowest BCUT2D eigenvalue weighted by Gasteiger charge is -2.23. The zero-order valence-electron chi connectivity index (χ0n) is 9.25. The fourth-order valence-electron chi connectivity index (χ4n) is 3.06. The highest BCUT2D eigenvalue weighted by Gasteiger charge is 2.39. The van der Waals surface area contributed by atoms with Crippen molar-refractivity contribution in [3.8, 4) is 0 Å². The second-order valence-corrected chi connectivity index (χ2v) is 5.57. The average Bonchev–Trinajstić information content (AvgIpc) is 2.78. The minimum atomic E-state index is 0.408. The zero-order chi connectivity index (χ0) is 10.7. The molecule has 2 nitrogen and oxygen atoms in total. The normalized spacial score (nSPS) is 29.5. The largest absolute Gasteiger partial charge is 0.339 e. The molecule has 2 fully saturated rings. The van der Waals surface area contributed by atoms with Gasteiger partial charge in [0.1, 0.15) is 0 Å². The van der Waals surface area contributed by atoms with E-state index in [4.69, 9.17) is 0 Å². The molecule has 15 heavy (non-hydrogen) atoms. The van der Waals surface area contributed by atoms with Gasteiger partial charge in [-0.05, 0) is 38.0 Å². The van der Waals surface area contributed by atoms with Gasteiger partial charge in [-0.2, -0.15) is 0 Å². The van der Waals surface area contributed by atoms with Gasteiger partial charge in [-0.15, -0.1) is 0 Å². The van der Waals surface area contributed by atoms with Crippen LogP contribution in [-0.2, 0) is 4.79 Å². The van der Waals surface area contributed by atoms with Gasteiger partial charge in [-0.25, -0.2) is 0 Å². The lowest BCUT2D eigenvalue weighted by molar-refractivity contribution is -0.132. The van der Waals surface area contributed by atoms with Crippen molar-refractivity contribution in [1.82, 2.24) is 4.90 Å². The molecule has 0 aromatic heterocycles. The Morgan fingerprint density at radius 1 is 1.27 bits per heavy atom. The molecule has 3 heteroatoms. The molecule has 2 aliphatic rings. The Bertz CT molecular complexity index is 232. The van der Waals surface area contributed by atoms with Crippen LogP contribution in [0, 0.1) is 5.92 Å². The molecule has 1 amide bonds. The molecule has 1 heterocycles. The van der Waals surface area contributed by atoms with E-state index in [0.29, 0.717) is 11.9 Å². The van der Waals surface area contributed by atoms with Crippen LogP contribution in [0.3, 0.4) is 0 Å².